The molecule has 0 atom stereocenters. The van der Waals surface area contributed by atoms with E-state index in [4.69, 9.17) is 0 Å². The van der Waals surface area contributed by atoms with E-state index in [0.29, 0.717) is 0 Å². The molecule has 0 unspecified atom stereocenters. The Morgan fingerprint density at radius 2 is 1.47 bits per heavy atom. The van der Waals surface area contributed by atoms with E-state index >= 15 is 0 Å². The average molecular weight is 214 g/mol. The van der Waals surface area contributed by atoms with Crippen molar-refractivity contribution in [3.05, 3.63) is 53.6 Å². The van der Waals surface area contributed by atoms with Crippen molar-refractivity contribution in [2.24, 2.45) is 0 Å². The lowest BCUT2D eigenvalue weighted by atomic mass is 9.97. The Balaban J connectivity index is 2.69. The fraction of sp³-hybridized carbons (Fsp3) is 0.143. The van der Waals surface area contributed by atoms with Crippen LogP contribution in [0.15, 0.2) is 47.4 Å². The van der Waals surface area contributed by atoms with Crippen LogP contribution in [0, 0.1) is 13.8 Å². The van der Waals surface area contributed by atoms with Gasteiger partial charge in [0.15, 0.2) is 0 Å². The van der Waals surface area contributed by atoms with E-state index in [9.17, 15) is 0 Å². The molecular weight excluding hydrogens is 200 g/mol. The van der Waals surface area contributed by atoms with Crippen molar-refractivity contribution in [1.82, 2.24) is 0 Å². The summed E-state index contributed by atoms with van der Waals surface area (Å²) >= 11 is 4.53. The third kappa shape index (κ3) is 1.93. The lowest BCUT2D eigenvalue weighted by Gasteiger charge is -2.11. The summed E-state index contributed by atoms with van der Waals surface area (Å²) in [6, 6.07) is 14.6. The van der Waals surface area contributed by atoms with E-state index in [1.165, 1.54) is 22.3 Å². The number of benzene rings is 2. The third-order valence-corrected chi connectivity index (χ3v) is 3.04. The zero-order valence-corrected chi connectivity index (χ0v) is 9.88. The van der Waals surface area contributed by atoms with Gasteiger partial charge in [0.25, 0.3) is 0 Å². The first-order chi connectivity index (χ1) is 7.20. The topological polar surface area (TPSA) is 0 Å². The smallest absolute Gasteiger partial charge is 0.0121 e. The molecule has 0 saturated carbocycles. The molecule has 1 heteroatoms. The van der Waals surface area contributed by atoms with Crippen LogP contribution >= 0.6 is 12.6 Å². The van der Waals surface area contributed by atoms with Gasteiger partial charge in [-0.25, -0.2) is 0 Å². The summed E-state index contributed by atoms with van der Waals surface area (Å²) < 4.78 is 0. The van der Waals surface area contributed by atoms with E-state index in [1.54, 1.807) is 0 Å². The first-order valence-corrected chi connectivity index (χ1v) is 5.49. The summed E-state index contributed by atoms with van der Waals surface area (Å²) in [6.45, 7) is 4.26. The van der Waals surface area contributed by atoms with Crippen LogP contribution in [-0.4, -0.2) is 0 Å². The Hall–Kier alpha value is -1.21. The van der Waals surface area contributed by atoms with Crippen LogP contribution in [0.5, 0.6) is 0 Å². The van der Waals surface area contributed by atoms with E-state index in [1.807, 2.05) is 12.1 Å². The van der Waals surface area contributed by atoms with E-state index in [2.05, 4.69) is 56.8 Å². The summed E-state index contributed by atoms with van der Waals surface area (Å²) in [5.74, 6) is 0. The van der Waals surface area contributed by atoms with E-state index < -0.39 is 0 Å². The molecule has 0 saturated heterocycles. The van der Waals surface area contributed by atoms with Crippen LogP contribution in [-0.2, 0) is 0 Å². The Morgan fingerprint density at radius 1 is 0.800 bits per heavy atom. The zero-order chi connectivity index (χ0) is 10.8. The minimum absolute atomic E-state index is 1.05. The third-order valence-electron chi connectivity index (χ3n) is 2.67. The first-order valence-electron chi connectivity index (χ1n) is 5.04. The highest BCUT2D eigenvalue weighted by atomic mass is 32.1. The Morgan fingerprint density at radius 3 is 2.13 bits per heavy atom. The molecule has 76 valence electrons. The highest BCUT2D eigenvalue weighted by Gasteiger charge is 2.07. The molecule has 2 aromatic carbocycles. The predicted octanol–water partition coefficient (Wildman–Crippen LogP) is 4.26. The summed E-state index contributed by atoms with van der Waals surface area (Å²) in [4.78, 5) is 1.05. The van der Waals surface area contributed by atoms with Crippen molar-refractivity contribution >= 4 is 12.6 Å². The van der Waals surface area contributed by atoms with Crippen molar-refractivity contribution < 1.29 is 0 Å². The predicted molar refractivity (Wildman–Crippen MR) is 68.6 cm³/mol. The van der Waals surface area contributed by atoms with Crippen LogP contribution in [0.4, 0.5) is 0 Å². The molecule has 0 aliphatic heterocycles. The number of hydrogen-bond donors (Lipinski definition) is 1. The molecule has 0 aliphatic carbocycles. The molecule has 2 rings (SSSR count). The highest BCUT2D eigenvalue weighted by molar-refractivity contribution is 7.80. The van der Waals surface area contributed by atoms with Crippen molar-refractivity contribution in [2.75, 3.05) is 0 Å². The highest BCUT2D eigenvalue weighted by Crippen LogP contribution is 2.31. The molecule has 0 N–H and O–H groups in total. The van der Waals surface area contributed by atoms with Gasteiger partial charge >= 0.3 is 0 Å². The molecule has 0 nitrogen and oxygen atoms in total. The second-order valence-electron chi connectivity index (χ2n) is 3.78. The SMILES string of the molecule is Cc1ccccc1-c1c(C)cccc1S. The van der Waals surface area contributed by atoms with Crippen molar-refractivity contribution in [3.63, 3.8) is 0 Å². The van der Waals surface area contributed by atoms with Crippen LogP contribution in [0.1, 0.15) is 11.1 Å². The minimum atomic E-state index is 1.05. The Bertz CT molecular complexity index is 466. The lowest BCUT2D eigenvalue weighted by molar-refractivity contribution is 1.34. The Kier molecular flexibility index (Phi) is 2.83. The van der Waals surface area contributed by atoms with Gasteiger partial charge < -0.3 is 0 Å². The van der Waals surface area contributed by atoms with Gasteiger partial charge in [-0.2, -0.15) is 0 Å². The Labute approximate surface area is 96.4 Å². The molecule has 0 radical (unpaired) electrons. The largest absolute Gasteiger partial charge is 0.143 e. The second-order valence-corrected chi connectivity index (χ2v) is 4.27. The zero-order valence-electron chi connectivity index (χ0n) is 8.99. The molecule has 0 heterocycles. The number of rotatable bonds is 1. The van der Waals surface area contributed by atoms with Gasteiger partial charge in [-0.1, -0.05) is 36.4 Å². The van der Waals surface area contributed by atoms with Crippen LogP contribution < -0.4 is 0 Å². The number of aryl methyl sites for hydroxylation is 2. The van der Waals surface area contributed by atoms with Gasteiger partial charge in [0.05, 0.1) is 0 Å². The van der Waals surface area contributed by atoms with Crippen molar-refractivity contribution in [3.8, 4) is 11.1 Å². The summed E-state index contributed by atoms with van der Waals surface area (Å²) in [5, 5.41) is 0. The maximum Gasteiger partial charge on any atom is 0.0121 e. The molecule has 0 spiro atoms. The van der Waals surface area contributed by atoms with Gasteiger partial charge in [0.1, 0.15) is 0 Å². The van der Waals surface area contributed by atoms with Crippen molar-refractivity contribution in [1.29, 1.82) is 0 Å². The fourth-order valence-electron chi connectivity index (χ4n) is 1.86. The van der Waals surface area contributed by atoms with Crippen LogP contribution in [0.3, 0.4) is 0 Å². The first kappa shape index (κ1) is 10.3. The molecule has 0 aliphatic rings. The van der Waals surface area contributed by atoms with E-state index in [0.717, 1.165) is 4.90 Å². The monoisotopic (exact) mass is 214 g/mol. The normalized spacial score (nSPS) is 10.3. The molecule has 15 heavy (non-hydrogen) atoms. The summed E-state index contributed by atoms with van der Waals surface area (Å²) in [7, 11) is 0. The average Bonchev–Trinajstić information content (AvgIpc) is 2.20. The minimum Gasteiger partial charge on any atom is -0.143 e. The molecule has 0 fully saturated rings. The quantitative estimate of drug-likeness (QED) is 0.674. The molecular formula is C14H14S. The molecule has 0 amide bonds. The molecule has 0 aromatic heterocycles. The van der Waals surface area contributed by atoms with Crippen molar-refractivity contribution in [2.45, 2.75) is 18.7 Å². The van der Waals surface area contributed by atoms with Gasteiger partial charge in [-0.05, 0) is 42.2 Å². The fourth-order valence-corrected chi connectivity index (χ4v) is 2.24. The lowest BCUT2D eigenvalue weighted by Crippen LogP contribution is -1.88. The standard InChI is InChI=1S/C14H14S/c1-10-6-3-4-8-12(10)14-11(2)7-5-9-13(14)15/h3-9,15H,1-2H3. The van der Waals surface area contributed by atoms with E-state index in [-0.39, 0.29) is 0 Å². The molecule has 2 aromatic rings. The summed E-state index contributed by atoms with van der Waals surface area (Å²) in [5.41, 5.74) is 5.10. The van der Waals surface area contributed by atoms with Gasteiger partial charge in [0.2, 0.25) is 0 Å². The van der Waals surface area contributed by atoms with Crippen LogP contribution in [0.2, 0.25) is 0 Å². The van der Waals surface area contributed by atoms with Gasteiger partial charge in [-0.15, -0.1) is 12.6 Å². The van der Waals surface area contributed by atoms with Crippen LogP contribution in [0.25, 0.3) is 11.1 Å². The maximum absolute atomic E-state index is 4.53. The number of hydrogen-bond acceptors (Lipinski definition) is 1. The summed E-state index contributed by atoms with van der Waals surface area (Å²) in [6.07, 6.45) is 0. The second kappa shape index (κ2) is 4.11. The molecule has 0 bridgehead atoms. The van der Waals surface area contributed by atoms with Gasteiger partial charge in [-0.3, -0.25) is 0 Å². The number of thiol groups is 1. The maximum atomic E-state index is 4.53. The van der Waals surface area contributed by atoms with Gasteiger partial charge in [0, 0.05) is 4.90 Å².